The van der Waals surface area contributed by atoms with E-state index < -0.39 is 0 Å². The minimum atomic E-state index is -0.189. The van der Waals surface area contributed by atoms with Gasteiger partial charge < -0.3 is 10.2 Å². The normalized spacial score (nSPS) is 13.1. The predicted octanol–water partition coefficient (Wildman–Crippen LogP) is 3.80. The summed E-state index contributed by atoms with van der Waals surface area (Å²) in [6.07, 6.45) is 3.60. The van der Waals surface area contributed by atoms with Crippen molar-refractivity contribution in [3.05, 3.63) is 83.3 Å². The van der Waals surface area contributed by atoms with Crippen LogP contribution in [-0.2, 0) is 13.0 Å². The summed E-state index contributed by atoms with van der Waals surface area (Å²) >= 11 is 0. The van der Waals surface area contributed by atoms with Crippen LogP contribution in [0.3, 0.4) is 0 Å². The number of aromatic nitrogens is 2. The number of carbonyl (C=O) groups excluding carboxylic acids is 1. The topological polar surface area (TPSA) is 58.1 Å². The second kappa shape index (κ2) is 7.58. The third kappa shape index (κ3) is 3.82. The molecule has 5 nitrogen and oxygen atoms in total. The minimum Gasteiger partial charge on any atom is -0.347 e. The number of benzene rings is 2. The summed E-state index contributed by atoms with van der Waals surface area (Å²) in [6.45, 7) is 3.41. The van der Waals surface area contributed by atoms with Crippen LogP contribution in [0.1, 0.15) is 33.6 Å². The van der Waals surface area contributed by atoms with Crippen LogP contribution in [0, 0.1) is 6.92 Å². The summed E-state index contributed by atoms with van der Waals surface area (Å²) in [4.78, 5) is 23.3. The quantitative estimate of drug-likeness (QED) is 0.771. The maximum Gasteiger partial charge on any atom is 0.270 e. The maximum atomic E-state index is 12.6. The highest BCUT2D eigenvalue weighted by Gasteiger charge is 2.20. The van der Waals surface area contributed by atoms with Crippen molar-refractivity contribution in [2.75, 3.05) is 11.4 Å². The third-order valence-electron chi connectivity index (χ3n) is 4.81. The van der Waals surface area contributed by atoms with Crippen LogP contribution < -0.4 is 10.2 Å². The lowest BCUT2D eigenvalue weighted by atomic mass is 10.0. The molecule has 0 bridgehead atoms. The van der Waals surface area contributed by atoms with E-state index in [2.05, 4.69) is 44.5 Å². The summed E-state index contributed by atoms with van der Waals surface area (Å²) < 4.78 is 0. The molecule has 136 valence electrons. The Bertz CT molecular complexity index is 970. The van der Waals surface area contributed by atoms with Gasteiger partial charge in [-0.3, -0.25) is 4.79 Å². The molecule has 5 heteroatoms. The van der Waals surface area contributed by atoms with Crippen LogP contribution in [0.5, 0.6) is 0 Å². The van der Waals surface area contributed by atoms with Gasteiger partial charge in [0, 0.05) is 24.8 Å². The molecule has 1 aliphatic rings. The lowest BCUT2D eigenvalue weighted by Crippen LogP contribution is -2.27. The number of nitrogens with one attached hydrogen (secondary N) is 1. The van der Waals surface area contributed by atoms with Gasteiger partial charge in [-0.15, -0.1) is 0 Å². The molecule has 0 saturated carbocycles. The molecular weight excluding hydrogens is 336 g/mol. The minimum absolute atomic E-state index is 0.189. The molecule has 0 spiro atoms. The molecule has 3 aromatic rings. The SMILES string of the molecule is Cc1cccc(CNC(=O)c2cc(N3CCCc4ccccc43)ncn2)c1. The fourth-order valence-corrected chi connectivity index (χ4v) is 3.49. The highest BCUT2D eigenvalue weighted by atomic mass is 16.1. The first-order valence-electron chi connectivity index (χ1n) is 9.22. The van der Waals surface area contributed by atoms with E-state index in [9.17, 15) is 4.79 Å². The number of hydrogen-bond donors (Lipinski definition) is 1. The van der Waals surface area contributed by atoms with Gasteiger partial charge in [-0.2, -0.15) is 0 Å². The van der Waals surface area contributed by atoms with Gasteiger partial charge >= 0.3 is 0 Å². The zero-order valence-electron chi connectivity index (χ0n) is 15.4. The fourth-order valence-electron chi connectivity index (χ4n) is 3.49. The average Bonchev–Trinajstić information content (AvgIpc) is 2.72. The molecule has 2 aromatic carbocycles. The van der Waals surface area contributed by atoms with E-state index in [1.165, 1.54) is 17.5 Å². The molecule has 27 heavy (non-hydrogen) atoms. The van der Waals surface area contributed by atoms with Crippen molar-refractivity contribution in [3.8, 4) is 0 Å². The molecule has 0 fully saturated rings. The number of nitrogens with zero attached hydrogens (tertiary/aromatic N) is 3. The number of hydrogen-bond acceptors (Lipinski definition) is 4. The van der Waals surface area contributed by atoms with Crippen LogP contribution in [0.15, 0.2) is 60.9 Å². The first-order chi connectivity index (χ1) is 13.2. The number of anilines is 2. The van der Waals surface area contributed by atoms with Gasteiger partial charge in [0.2, 0.25) is 0 Å². The van der Waals surface area contributed by atoms with Crippen molar-refractivity contribution >= 4 is 17.4 Å². The van der Waals surface area contributed by atoms with Crippen LogP contribution in [0.2, 0.25) is 0 Å². The van der Waals surface area contributed by atoms with Gasteiger partial charge in [-0.05, 0) is 37.0 Å². The van der Waals surface area contributed by atoms with E-state index in [0.717, 1.165) is 36.5 Å². The number of carbonyl (C=O) groups is 1. The number of rotatable bonds is 4. The number of para-hydroxylation sites is 1. The maximum absolute atomic E-state index is 12.6. The Morgan fingerprint density at radius 2 is 2.00 bits per heavy atom. The molecule has 1 amide bonds. The van der Waals surface area contributed by atoms with E-state index in [-0.39, 0.29) is 5.91 Å². The van der Waals surface area contributed by atoms with E-state index in [1.807, 2.05) is 31.2 Å². The summed E-state index contributed by atoms with van der Waals surface area (Å²) in [5.41, 5.74) is 5.11. The Kier molecular flexibility index (Phi) is 4.83. The summed E-state index contributed by atoms with van der Waals surface area (Å²) in [7, 11) is 0. The number of aryl methyl sites for hydroxylation is 2. The second-order valence-corrected chi connectivity index (χ2v) is 6.82. The zero-order chi connectivity index (χ0) is 18.6. The molecular formula is C22H22N4O. The van der Waals surface area contributed by atoms with Gasteiger partial charge in [-0.1, -0.05) is 48.0 Å². The zero-order valence-corrected chi connectivity index (χ0v) is 15.4. The number of amides is 1. The molecule has 1 aliphatic heterocycles. The molecule has 0 saturated heterocycles. The average molecular weight is 358 g/mol. The van der Waals surface area contributed by atoms with E-state index in [0.29, 0.717) is 12.2 Å². The Balaban J connectivity index is 1.52. The van der Waals surface area contributed by atoms with Crippen molar-refractivity contribution in [3.63, 3.8) is 0 Å². The molecule has 0 atom stereocenters. The van der Waals surface area contributed by atoms with Crippen molar-refractivity contribution in [1.82, 2.24) is 15.3 Å². The van der Waals surface area contributed by atoms with Gasteiger partial charge in [0.25, 0.3) is 5.91 Å². The molecule has 1 N–H and O–H groups in total. The monoisotopic (exact) mass is 358 g/mol. The first kappa shape index (κ1) is 17.2. The highest BCUT2D eigenvalue weighted by Crippen LogP contribution is 2.32. The molecule has 1 aromatic heterocycles. The van der Waals surface area contributed by atoms with Crippen LogP contribution in [0.25, 0.3) is 0 Å². The van der Waals surface area contributed by atoms with Gasteiger partial charge in [0.05, 0.1) is 0 Å². The molecule has 4 rings (SSSR count). The molecule has 0 radical (unpaired) electrons. The van der Waals surface area contributed by atoms with Gasteiger partial charge in [0.15, 0.2) is 0 Å². The van der Waals surface area contributed by atoms with Gasteiger partial charge in [0.1, 0.15) is 17.8 Å². The predicted molar refractivity (Wildman–Crippen MR) is 106 cm³/mol. The number of fused-ring (bicyclic) bond motifs is 1. The van der Waals surface area contributed by atoms with E-state index in [1.54, 1.807) is 6.07 Å². The van der Waals surface area contributed by atoms with Crippen molar-refractivity contribution in [1.29, 1.82) is 0 Å². The lowest BCUT2D eigenvalue weighted by molar-refractivity contribution is 0.0945. The van der Waals surface area contributed by atoms with Gasteiger partial charge in [-0.25, -0.2) is 9.97 Å². The molecule has 0 aliphatic carbocycles. The Hall–Kier alpha value is -3.21. The smallest absolute Gasteiger partial charge is 0.270 e. The lowest BCUT2D eigenvalue weighted by Gasteiger charge is -2.30. The molecule has 2 heterocycles. The first-order valence-corrected chi connectivity index (χ1v) is 9.22. The fraction of sp³-hybridized carbons (Fsp3) is 0.227. The summed E-state index contributed by atoms with van der Waals surface area (Å²) in [5.74, 6) is 0.573. The van der Waals surface area contributed by atoms with Crippen LogP contribution >= 0.6 is 0 Å². The Morgan fingerprint density at radius 3 is 2.89 bits per heavy atom. The van der Waals surface area contributed by atoms with E-state index >= 15 is 0 Å². The summed E-state index contributed by atoms with van der Waals surface area (Å²) in [5, 5.41) is 2.94. The molecule has 0 unspecified atom stereocenters. The van der Waals surface area contributed by atoms with Crippen molar-refractivity contribution in [2.24, 2.45) is 0 Å². The van der Waals surface area contributed by atoms with Crippen molar-refractivity contribution in [2.45, 2.75) is 26.3 Å². The van der Waals surface area contributed by atoms with Crippen LogP contribution in [0.4, 0.5) is 11.5 Å². The van der Waals surface area contributed by atoms with Crippen molar-refractivity contribution < 1.29 is 4.79 Å². The Labute approximate surface area is 159 Å². The summed E-state index contributed by atoms with van der Waals surface area (Å²) in [6, 6.07) is 18.2. The van der Waals surface area contributed by atoms with E-state index in [4.69, 9.17) is 0 Å². The third-order valence-corrected chi connectivity index (χ3v) is 4.81. The standard InChI is InChI=1S/C22H22N4O/c1-16-6-4-7-17(12-16)14-23-22(27)19-13-21(25-15-24-19)26-11-5-9-18-8-2-3-10-20(18)26/h2-4,6-8,10,12-13,15H,5,9,11,14H2,1H3,(H,23,27). The largest absolute Gasteiger partial charge is 0.347 e. The second-order valence-electron chi connectivity index (χ2n) is 6.82. The Morgan fingerprint density at radius 1 is 1.11 bits per heavy atom. The van der Waals surface area contributed by atoms with Crippen LogP contribution in [-0.4, -0.2) is 22.4 Å². The highest BCUT2D eigenvalue weighted by molar-refractivity contribution is 5.93.